The monoisotopic (exact) mass is 200 g/mol. The molecular weight excluding hydrogens is 188 g/mol. The summed E-state index contributed by atoms with van der Waals surface area (Å²) >= 11 is 0. The molecule has 0 spiro atoms. The van der Waals surface area contributed by atoms with Crippen LogP contribution in [0.1, 0.15) is 5.56 Å². The Kier molecular flexibility index (Phi) is 2.58. The summed E-state index contributed by atoms with van der Waals surface area (Å²) in [7, 11) is 1.84. The third kappa shape index (κ3) is 1.93. The molecule has 2 heterocycles. The smallest absolute Gasteiger partial charge is 0.163 e. The lowest BCUT2D eigenvalue weighted by Crippen LogP contribution is -1.97. The number of aryl methyl sites for hydroxylation is 1. The highest BCUT2D eigenvalue weighted by molar-refractivity contribution is 5.59. The third-order valence-corrected chi connectivity index (χ3v) is 2.19. The first-order valence-electron chi connectivity index (χ1n) is 4.73. The van der Waals surface area contributed by atoms with Crippen LogP contribution >= 0.6 is 0 Å². The van der Waals surface area contributed by atoms with Crippen LogP contribution in [-0.2, 0) is 0 Å². The van der Waals surface area contributed by atoms with E-state index in [0.29, 0.717) is 5.82 Å². The Morgan fingerprint density at radius 3 is 2.80 bits per heavy atom. The van der Waals surface area contributed by atoms with Gasteiger partial charge in [0.15, 0.2) is 5.82 Å². The second-order valence-electron chi connectivity index (χ2n) is 3.21. The zero-order valence-corrected chi connectivity index (χ0v) is 8.73. The fourth-order valence-electron chi connectivity index (χ4n) is 1.33. The van der Waals surface area contributed by atoms with Crippen LogP contribution in [0.4, 0.5) is 5.82 Å². The molecule has 0 saturated carbocycles. The molecule has 0 amide bonds. The molecule has 0 aliphatic rings. The topological polar surface area (TPSA) is 50.7 Å². The van der Waals surface area contributed by atoms with Gasteiger partial charge in [0.1, 0.15) is 5.82 Å². The third-order valence-electron chi connectivity index (χ3n) is 2.19. The van der Waals surface area contributed by atoms with Gasteiger partial charge in [0.05, 0.1) is 0 Å². The molecule has 2 rings (SSSR count). The average Bonchev–Trinajstić information content (AvgIpc) is 2.30. The fourth-order valence-corrected chi connectivity index (χ4v) is 1.33. The summed E-state index contributed by atoms with van der Waals surface area (Å²) in [5.74, 6) is 1.51. The second kappa shape index (κ2) is 4.04. The Hall–Kier alpha value is -1.97. The van der Waals surface area contributed by atoms with Crippen LogP contribution in [0.25, 0.3) is 11.4 Å². The van der Waals surface area contributed by atoms with E-state index in [4.69, 9.17) is 0 Å². The minimum atomic E-state index is 0.701. The van der Waals surface area contributed by atoms with Crippen molar-refractivity contribution in [2.24, 2.45) is 0 Å². The van der Waals surface area contributed by atoms with Gasteiger partial charge in [0, 0.05) is 31.2 Å². The lowest BCUT2D eigenvalue weighted by atomic mass is 10.1. The van der Waals surface area contributed by atoms with Gasteiger partial charge in [0.25, 0.3) is 0 Å². The van der Waals surface area contributed by atoms with E-state index >= 15 is 0 Å². The number of pyridine rings is 1. The van der Waals surface area contributed by atoms with Crippen molar-refractivity contribution in [2.45, 2.75) is 6.92 Å². The maximum absolute atomic E-state index is 4.36. The van der Waals surface area contributed by atoms with Crippen molar-refractivity contribution in [3.63, 3.8) is 0 Å². The van der Waals surface area contributed by atoms with Gasteiger partial charge in [-0.25, -0.2) is 9.97 Å². The molecule has 1 N–H and O–H groups in total. The molecular formula is C11H12N4. The van der Waals surface area contributed by atoms with E-state index in [1.54, 1.807) is 18.6 Å². The SMILES string of the molecule is CNc1ccnc(-c2cnccc2C)n1. The number of rotatable bonds is 2. The summed E-state index contributed by atoms with van der Waals surface area (Å²) in [5.41, 5.74) is 2.09. The van der Waals surface area contributed by atoms with Gasteiger partial charge in [-0.2, -0.15) is 0 Å². The van der Waals surface area contributed by atoms with Gasteiger partial charge < -0.3 is 5.32 Å². The van der Waals surface area contributed by atoms with E-state index in [1.165, 1.54) is 0 Å². The fraction of sp³-hybridized carbons (Fsp3) is 0.182. The highest BCUT2D eigenvalue weighted by Gasteiger charge is 2.04. The molecule has 0 aromatic carbocycles. The molecule has 2 aromatic rings. The minimum Gasteiger partial charge on any atom is -0.373 e. The molecule has 0 aliphatic heterocycles. The summed E-state index contributed by atoms with van der Waals surface area (Å²) in [6.07, 6.45) is 5.28. The first-order valence-corrected chi connectivity index (χ1v) is 4.73. The second-order valence-corrected chi connectivity index (χ2v) is 3.21. The zero-order chi connectivity index (χ0) is 10.7. The summed E-state index contributed by atoms with van der Waals surface area (Å²) in [6.45, 7) is 2.02. The van der Waals surface area contributed by atoms with E-state index in [2.05, 4.69) is 20.3 Å². The van der Waals surface area contributed by atoms with Crippen LogP contribution in [0.3, 0.4) is 0 Å². The van der Waals surface area contributed by atoms with Crippen LogP contribution < -0.4 is 5.32 Å². The highest BCUT2D eigenvalue weighted by atomic mass is 15.0. The van der Waals surface area contributed by atoms with Crippen LogP contribution in [0.15, 0.2) is 30.7 Å². The highest BCUT2D eigenvalue weighted by Crippen LogP contribution is 2.18. The Morgan fingerprint density at radius 2 is 2.07 bits per heavy atom. The summed E-state index contributed by atoms with van der Waals surface area (Å²) < 4.78 is 0. The summed E-state index contributed by atoms with van der Waals surface area (Å²) in [4.78, 5) is 12.7. The molecule has 0 atom stereocenters. The molecule has 0 radical (unpaired) electrons. The Balaban J connectivity index is 2.49. The maximum atomic E-state index is 4.36. The largest absolute Gasteiger partial charge is 0.373 e. The molecule has 0 bridgehead atoms. The lowest BCUT2D eigenvalue weighted by molar-refractivity contribution is 1.14. The van der Waals surface area contributed by atoms with E-state index in [0.717, 1.165) is 16.9 Å². The van der Waals surface area contributed by atoms with Crippen molar-refractivity contribution in [2.75, 3.05) is 12.4 Å². The number of hydrogen-bond acceptors (Lipinski definition) is 4. The van der Waals surface area contributed by atoms with Crippen molar-refractivity contribution < 1.29 is 0 Å². The summed E-state index contributed by atoms with van der Waals surface area (Å²) in [5, 5.41) is 2.99. The molecule has 0 fully saturated rings. The van der Waals surface area contributed by atoms with Gasteiger partial charge >= 0.3 is 0 Å². The van der Waals surface area contributed by atoms with E-state index in [1.807, 2.05) is 26.1 Å². The van der Waals surface area contributed by atoms with Crippen LogP contribution in [0, 0.1) is 6.92 Å². The summed E-state index contributed by atoms with van der Waals surface area (Å²) in [6, 6.07) is 3.78. The Bertz CT molecular complexity index is 468. The van der Waals surface area contributed by atoms with E-state index < -0.39 is 0 Å². The molecule has 76 valence electrons. The number of nitrogens with zero attached hydrogens (tertiary/aromatic N) is 3. The predicted octanol–water partition coefficient (Wildman–Crippen LogP) is 1.89. The number of aromatic nitrogens is 3. The van der Waals surface area contributed by atoms with Crippen molar-refractivity contribution in [3.8, 4) is 11.4 Å². The van der Waals surface area contributed by atoms with Crippen LogP contribution in [0.5, 0.6) is 0 Å². The van der Waals surface area contributed by atoms with E-state index in [-0.39, 0.29) is 0 Å². The number of nitrogens with one attached hydrogen (secondary N) is 1. The normalized spacial score (nSPS) is 10.0. The van der Waals surface area contributed by atoms with Gasteiger partial charge in [-0.1, -0.05) is 0 Å². The quantitative estimate of drug-likeness (QED) is 0.804. The van der Waals surface area contributed by atoms with Crippen LogP contribution in [-0.4, -0.2) is 22.0 Å². The van der Waals surface area contributed by atoms with E-state index in [9.17, 15) is 0 Å². The molecule has 2 aromatic heterocycles. The molecule has 0 saturated heterocycles. The Morgan fingerprint density at radius 1 is 1.20 bits per heavy atom. The van der Waals surface area contributed by atoms with Gasteiger partial charge in [-0.15, -0.1) is 0 Å². The number of hydrogen-bond donors (Lipinski definition) is 1. The van der Waals surface area contributed by atoms with Gasteiger partial charge in [0.2, 0.25) is 0 Å². The van der Waals surface area contributed by atoms with Crippen molar-refractivity contribution >= 4 is 5.82 Å². The average molecular weight is 200 g/mol. The van der Waals surface area contributed by atoms with Crippen molar-refractivity contribution in [3.05, 3.63) is 36.3 Å². The maximum Gasteiger partial charge on any atom is 0.163 e. The van der Waals surface area contributed by atoms with Crippen molar-refractivity contribution in [1.82, 2.24) is 15.0 Å². The van der Waals surface area contributed by atoms with Gasteiger partial charge in [-0.05, 0) is 24.6 Å². The molecule has 15 heavy (non-hydrogen) atoms. The molecule has 4 nitrogen and oxygen atoms in total. The first kappa shape index (κ1) is 9.58. The lowest BCUT2D eigenvalue weighted by Gasteiger charge is -2.04. The molecule has 0 unspecified atom stereocenters. The Labute approximate surface area is 88.4 Å². The van der Waals surface area contributed by atoms with Crippen LogP contribution in [0.2, 0.25) is 0 Å². The molecule has 0 aliphatic carbocycles. The predicted molar refractivity (Wildman–Crippen MR) is 59.5 cm³/mol. The molecule has 4 heteroatoms. The number of anilines is 1. The zero-order valence-electron chi connectivity index (χ0n) is 8.73. The first-order chi connectivity index (χ1) is 7.31. The standard InChI is InChI=1S/C11H12N4/c1-8-3-5-13-7-9(8)11-14-6-4-10(12-2)15-11/h3-7H,1-2H3,(H,12,14,15). The minimum absolute atomic E-state index is 0.701. The van der Waals surface area contributed by atoms with Crippen molar-refractivity contribution in [1.29, 1.82) is 0 Å². The van der Waals surface area contributed by atoms with Gasteiger partial charge in [-0.3, -0.25) is 4.98 Å².